The van der Waals surface area contributed by atoms with Crippen LogP contribution in [0.3, 0.4) is 0 Å². The van der Waals surface area contributed by atoms with Crippen LogP contribution < -0.4 is 4.74 Å². The average Bonchev–Trinajstić information content (AvgIpc) is 2.54. The van der Waals surface area contributed by atoms with Gasteiger partial charge in [-0.15, -0.1) is 0 Å². The van der Waals surface area contributed by atoms with E-state index in [1.54, 1.807) is 6.92 Å². The third-order valence-electron chi connectivity index (χ3n) is 2.24. The number of imidazole rings is 1. The fourth-order valence-corrected chi connectivity index (χ4v) is 1.62. The summed E-state index contributed by atoms with van der Waals surface area (Å²) in [7, 11) is 1.20. The van der Waals surface area contributed by atoms with Gasteiger partial charge in [-0.25, -0.2) is 4.98 Å². The van der Waals surface area contributed by atoms with Gasteiger partial charge in [0.25, 0.3) is 0 Å². The number of rotatable bonds is 1. The van der Waals surface area contributed by atoms with Gasteiger partial charge in [0.05, 0.1) is 12.6 Å². The van der Waals surface area contributed by atoms with Gasteiger partial charge in [-0.1, -0.05) is 0 Å². The van der Waals surface area contributed by atoms with Crippen LogP contribution in [0, 0.1) is 6.92 Å². The minimum absolute atomic E-state index is 0.107. The zero-order valence-electron chi connectivity index (χ0n) is 8.64. The highest BCUT2D eigenvalue weighted by atomic mass is 19.4. The molecule has 1 N–H and O–H groups in total. The Morgan fingerprint density at radius 3 is 2.56 bits per heavy atom. The maximum Gasteiger partial charge on any atom is 0.422 e. The van der Waals surface area contributed by atoms with Crippen LogP contribution in [0.5, 0.6) is 5.75 Å². The van der Waals surface area contributed by atoms with Crippen LogP contribution in [-0.2, 0) is 6.18 Å². The molecule has 1 aromatic carbocycles. The van der Waals surface area contributed by atoms with Gasteiger partial charge in [0, 0.05) is 0 Å². The Labute approximate surface area is 89.2 Å². The van der Waals surface area contributed by atoms with Gasteiger partial charge in [0.2, 0.25) is 0 Å². The first-order valence-electron chi connectivity index (χ1n) is 4.54. The van der Waals surface area contributed by atoms with E-state index in [0.29, 0.717) is 11.3 Å². The second kappa shape index (κ2) is 3.40. The Balaban J connectivity index is 2.83. The minimum Gasteiger partial charge on any atom is -0.496 e. The number of halogens is 3. The summed E-state index contributed by atoms with van der Waals surface area (Å²) >= 11 is 0. The Hall–Kier alpha value is -1.72. The first kappa shape index (κ1) is 10.8. The average molecular weight is 230 g/mol. The number of aromatic amines is 1. The molecule has 2 rings (SSSR count). The summed E-state index contributed by atoms with van der Waals surface area (Å²) in [5.41, 5.74) is -0.591. The van der Waals surface area contributed by atoms with E-state index in [1.807, 2.05) is 0 Å². The monoisotopic (exact) mass is 230 g/mol. The van der Waals surface area contributed by atoms with Gasteiger partial charge in [-0.3, -0.25) is 0 Å². The third-order valence-corrected chi connectivity index (χ3v) is 2.24. The second-order valence-corrected chi connectivity index (χ2v) is 3.36. The zero-order valence-corrected chi connectivity index (χ0v) is 8.64. The van der Waals surface area contributed by atoms with Crippen molar-refractivity contribution in [3.05, 3.63) is 23.5 Å². The van der Waals surface area contributed by atoms with Crippen LogP contribution in [0.15, 0.2) is 12.1 Å². The molecule has 0 saturated heterocycles. The minimum atomic E-state index is -4.48. The van der Waals surface area contributed by atoms with E-state index in [-0.39, 0.29) is 11.3 Å². The lowest BCUT2D eigenvalue weighted by atomic mass is 10.1. The van der Waals surface area contributed by atoms with Crippen molar-refractivity contribution >= 4 is 11.0 Å². The number of H-pyrrole nitrogens is 1. The fourth-order valence-electron chi connectivity index (χ4n) is 1.62. The molecular formula is C10H9F3N2O. The molecule has 0 atom stereocenters. The highest BCUT2D eigenvalue weighted by Crippen LogP contribution is 2.40. The molecule has 0 bridgehead atoms. The van der Waals surface area contributed by atoms with E-state index < -0.39 is 11.7 Å². The summed E-state index contributed by atoms with van der Waals surface area (Å²) in [6.45, 7) is 1.60. The third kappa shape index (κ3) is 1.60. The standard InChI is InChI=1S/C10H9F3N2O/c1-5-14-6-3-4-7(16-2)8(9(6)15-5)10(11,12)13/h3-4H,1-2H3,(H,14,15). The lowest BCUT2D eigenvalue weighted by molar-refractivity contribution is -0.137. The smallest absolute Gasteiger partial charge is 0.422 e. The van der Waals surface area contributed by atoms with Crippen molar-refractivity contribution in [2.75, 3.05) is 7.11 Å². The van der Waals surface area contributed by atoms with Crippen LogP contribution in [0.1, 0.15) is 11.4 Å². The highest BCUT2D eigenvalue weighted by Gasteiger charge is 2.37. The van der Waals surface area contributed by atoms with Crippen molar-refractivity contribution in [1.29, 1.82) is 0 Å². The normalized spacial score (nSPS) is 12.1. The molecule has 6 heteroatoms. The van der Waals surface area contributed by atoms with Gasteiger partial charge < -0.3 is 9.72 Å². The molecule has 0 radical (unpaired) electrons. The highest BCUT2D eigenvalue weighted by molar-refractivity contribution is 5.82. The molecule has 3 nitrogen and oxygen atoms in total. The maximum atomic E-state index is 12.8. The van der Waals surface area contributed by atoms with E-state index >= 15 is 0 Å². The lowest BCUT2D eigenvalue weighted by Gasteiger charge is -2.11. The predicted molar refractivity (Wildman–Crippen MR) is 52.4 cm³/mol. The Morgan fingerprint density at radius 1 is 1.31 bits per heavy atom. The number of nitrogens with zero attached hydrogens (tertiary/aromatic N) is 1. The second-order valence-electron chi connectivity index (χ2n) is 3.36. The number of methoxy groups -OCH3 is 1. The van der Waals surface area contributed by atoms with E-state index in [4.69, 9.17) is 4.74 Å². The summed E-state index contributed by atoms with van der Waals surface area (Å²) in [4.78, 5) is 6.59. The quantitative estimate of drug-likeness (QED) is 0.817. The Bertz CT molecular complexity index is 531. The number of hydrogen-bond donors (Lipinski definition) is 1. The molecule has 1 aromatic heterocycles. The van der Waals surface area contributed by atoms with Crippen molar-refractivity contribution in [2.24, 2.45) is 0 Å². The molecule has 0 spiro atoms. The molecule has 1 heterocycles. The first-order chi connectivity index (χ1) is 7.43. The van der Waals surface area contributed by atoms with E-state index in [1.165, 1.54) is 19.2 Å². The summed E-state index contributed by atoms with van der Waals surface area (Å²) in [5.74, 6) is 0.222. The number of aryl methyl sites for hydroxylation is 1. The fraction of sp³-hybridized carbons (Fsp3) is 0.300. The van der Waals surface area contributed by atoms with Crippen molar-refractivity contribution in [1.82, 2.24) is 9.97 Å². The molecule has 0 aliphatic carbocycles. The predicted octanol–water partition coefficient (Wildman–Crippen LogP) is 2.90. The molecule has 0 saturated carbocycles. The first-order valence-corrected chi connectivity index (χ1v) is 4.54. The molecular weight excluding hydrogens is 221 g/mol. The molecule has 0 fully saturated rings. The Kier molecular flexibility index (Phi) is 2.29. The molecule has 2 aromatic rings. The van der Waals surface area contributed by atoms with Crippen LogP contribution in [0.25, 0.3) is 11.0 Å². The van der Waals surface area contributed by atoms with Crippen molar-refractivity contribution in [2.45, 2.75) is 13.1 Å². The number of alkyl halides is 3. The van der Waals surface area contributed by atoms with Gasteiger partial charge in [-0.2, -0.15) is 13.2 Å². The number of nitrogens with one attached hydrogen (secondary N) is 1. The van der Waals surface area contributed by atoms with Gasteiger partial charge >= 0.3 is 6.18 Å². The number of benzene rings is 1. The number of ether oxygens (including phenoxy) is 1. The van der Waals surface area contributed by atoms with Gasteiger partial charge in [0.1, 0.15) is 22.7 Å². The topological polar surface area (TPSA) is 37.9 Å². The van der Waals surface area contributed by atoms with Crippen LogP contribution in [0.4, 0.5) is 13.2 Å². The molecule has 0 amide bonds. The van der Waals surface area contributed by atoms with Gasteiger partial charge in [0.15, 0.2) is 0 Å². The summed E-state index contributed by atoms with van der Waals surface area (Å²) < 4.78 is 43.2. The Morgan fingerprint density at radius 2 is 2.00 bits per heavy atom. The number of aromatic nitrogens is 2. The van der Waals surface area contributed by atoms with Crippen LogP contribution in [0.2, 0.25) is 0 Å². The SMILES string of the molecule is COc1ccc2[nH]c(C)nc2c1C(F)(F)F. The van der Waals surface area contributed by atoms with Crippen molar-refractivity contribution in [3.63, 3.8) is 0 Å². The zero-order chi connectivity index (χ0) is 11.9. The van der Waals surface area contributed by atoms with E-state index in [9.17, 15) is 13.2 Å². The van der Waals surface area contributed by atoms with Crippen molar-refractivity contribution in [3.8, 4) is 5.75 Å². The van der Waals surface area contributed by atoms with Crippen LogP contribution >= 0.6 is 0 Å². The summed E-state index contributed by atoms with van der Waals surface area (Å²) in [6.07, 6.45) is -4.48. The molecule has 0 aliphatic heterocycles. The maximum absolute atomic E-state index is 12.8. The number of hydrogen-bond acceptors (Lipinski definition) is 2. The molecule has 86 valence electrons. The molecule has 0 aliphatic rings. The van der Waals surface area contributed by atoms with E-state index in [2.05, 4.69) is 9.97 Å². The number of fused-ring (bicyclic) bond motifs is 1. The van der Waals surface area contributed by atoms with E-state index in [0.717, 1.165) is 0 Å². The van der Waals surface area contributed by atoms with Crippen LogP contribution in [-0.4, -0.2) is 17.1 Å². The largest absolute Gasteiger partial charge is 0.496 e. The summed E-state index contributed by atoms with van der Waals surface area (Å²) in [5, 5.41) is 0. The lowest BCUT2D eigenvalue weighted by Crippen LogP contribution is -2.08. The van der Waals surface area contributed by atoms with Crippen molar-refractivity contribution < 1.29 is 17.9 Å². The van der Waals surface area contributed by atoms with Gasteiger partial charge in [-0.05, 0) is 19.1 Å². The summed E-state index contributed by atoms with van der Waals surface area (Å²) in [6, 6.07) is 2.80. The molecule has 0 unspecified atom stereocenters. The molecule has 16 heavy (non-hydrogen) atoms.